The third-order valence-electron chi connectivity index (χ3n) is 4.86. The van der Waals surface area contributed by atoms with Crippen molar-refractivity contribution in [1.82, 2.24) is 24.3 Å². The Morgan fingerprint density at radius 1 is 1.20 bits per heavy atom. The summed E-state index contributed by atoms with van der Waals surface area (Å²) in [5, 5.41) is 0. The quantitative estimate of drug-likeness (QED) is 0.739. The normalized spacial score (nSPS) is 20.5. The zero-order valence-corrected chi connectivity index (χ0v) is 13.6. The monoisotopic (exact) mass is 343 g/mol. The highest BCUT2D eigenvalue weighted by molar-refractivity contribution is 6.04. The van der Waals surface area contributed by atoms with Gasteiger partial charge in [-0.25, -0.2) is 9.59 Å². The first-order valence-electron chi connectivity index (χ1n) is 8.01. The van der Waals surface area contributed by atoms with E-state index in [0.717, 1.165) is 4.90 Å². The number of carbonyl (C=O) groups excluding carboxylic acids is 3. The highest BCUT2D eigenvalue weighted by Crippen LogP contribution is 2.21. The van der Waals surface area contributed by atoms with Crippen LogP contribution in [0.2, 0.25) is 0 Å². The van der Waals surface area contributed by atoms with Gasteiger partial charge in [-0.1, -0.05) is 12.1 Å². The minimum absolute atomic E-state index is 0.104. The van der Waals surface area contributed by atoms with Crippen LogP contribution in [0.5, 0.6) is 0 Å². The van der Waals surface area contributed by atoms with E-state index in [1.54, 1.807) is 23.1 Å². The van der Waals surface area contributed by atoms with Crippen molar-refractivity contribution in [3.05, 3.63) is 34.7 Å². The number of likely N-dealkylation sites (N-methyl/N-ethyl adjacent to an activating group) is 1. The van der Waals surface area contributed by atoms with Crippen LogP contribution in [0, 0.1) is 0 Å². The number of para-hydroxylation sites is 2. The molecule has 1 N–H and O–H groups in total. The van der Waals surface area contributed by atoms with Crippen molar-refractivity contribution in [3.63, 3.8) is 0 Å². The topological polar surface area (TPSA) is 98.7 Å². The van der Waals surface area contributed by atoms with Crippen molar-refractivity contribution in [1.29, 1.82) is 0 Å². The summed E-state index contributed by atoms with van der Waals surface area (Å²) >= 11 is 0. The van der Waals surface area contributed by atoms with Gasteiger partial charge in [-0.2, -0.15) is 0 Å². The standard InChI is InChI=1S/C16H17N5O4/c1-18-14(23)12-8-19(6-7-20(12)16(18)25)13(22)9-21-11-5-3-2-4-10(11)17-15(21)24/h2-5,12H,6-9H2,1H3,(H,17,24). The smallest absolute Gasteiger partial charge is 0.327 e. The summed E-state index contributed by atoms with van der Waals surface area (Å²) in [5.74, 6) is -0.548. The van der Waals surface area contributed by atoms with Crippen molar-refractivity contribution < 1.29 is 14.4 Å². The van der Waals surface area contributed by atoms with Gasteiger partial charge in [0.25, 0.3) is 5.91 Å². The summed E-state index contributed by atoms with van der Waals surface area (Å²) in [6.07, 6.45) is 0. The average Bonchev–Trinajstić information content (AvgIpc) is 3.04. The molecule has 0 bridgehead atoms. The van der Waals surface area contributed by atoms with Gasteiger partial charge < -0.3 is 14.8 Å². The molecule has 1 aromatic heterocycles. The van der Waals surface area contributed by atoms with Crippen molar-refractivity contribution in [3.8, 4) is 0 Å². The van der Waals surface area contributed by atoms with Crippen LogP contribution in [0.25, 0.3) is 11.0 Å². The van der Waals surface area contributed by atoms with Gasteiger partial charge in [0.1, 0.15) is 12.6 Å². The van der Waals surface area contributed by atoms with E-state index in [1.165, 1.54) is 16.5 Å². The first-order chi connectivity index (χ1) is 12.0. The van der Waals surface area contributed by atoms with Crippen LogP contribution in [0.15, 0.2) is 29.1 Å². The number of piperazine rings is 1. The molecule has 4 amide bonds. The molecule has 3 heterocycles. The number of imide groups is 1. The highest BCUT2D eigenvalue weighted by atomic mass is 16.2. The number of nitrogens with zero attached hydrogens (tertiary/aromatic N) is 4. The lowest BCUT2D eigenvalue weighted by Gasteiger charge is -2.35. The minimum atomic E-state index is -0.630. The lowest BCUT2D eigenvalue weighted by Crippen LogP contribution is -2.55. The lowest BCUT2D eigenvalue weighted by atomic mass is 10.2. The molecule has 0 spiro atoms. The summed E-state index contributed by atoms with van der Waals surface area (Å²) < 4.78 is 1.39. The number of hydrogen-bond donors (Lipinski definition) is 1. The molecule has 0 radical (unpaired) electrons. The summed E-state index contributed by atoms with van der Waals surface area (Å²) in [4.78, 5) is 55.7. The molecule has 4 rings (SSSR count). The predicted molar refractivity (Wildman–Crippen MR) is 87.8 cm³/mol. The maximum Gasteiger partial charge on any atom is 0.327 e. The third-order valence-corrected chi connectivity index (χ3v) is 4.86. The Labute approximate surface area is 142 Å². The molecule has 2 aliphatic rings. The maximum absolute atomic E-state index is 12.6. The summed E-state index contributed by atoms with van der Waals surface area (Å²) in [6, 6.07) is 6.20. The van der Waals surface area contributed by atoms with Crippen LogP contribution >= 0.6 is 0 Å². The van der Waals surface area contributed by atoms with Gasteiger partial charge in [-0.3, -0.25) is 19.1 Å². The van der Waals surface area contributed by atoms with Crippen LogP contribution in [0.1, 0.15) is 0 Å². The molecule has 2 saturated heterocycles. The van der Waals surface area contributed by atoms with Gasteiger partial charge in [0.2, 0.25) is 5.91 Å². The number of fused-ring (bicyclic) bond motifs is 2. The molecular weight excluding hydrogens is 326 g/mol. The Morgan fingerprint density at radius 2 is 1.96 bits per heavy atom. The summed E-state index contributed by atoms with van der Waals surface area (Å²) in [6.45, 7) is 0.714. The second-order valence-electron chi connectivity index (χ2n) is 6.26. The number of benzene rings is 1. The van der Waals surface area contributed by atoms with E-state index in [9.17, 15) is 19.2 Å². The van der Waals surface area contributed by atoms with Gasteiger partial charge in [0.15, 0.2) is 0 Å². The Bertz CT molecular complexity index is 945. The second-order valence-corrected chi connectivity index (χ2v) is 6.26. The number of imidazole rings is 1. The zero-order chi connectivity index (χ0) is 17.7. The lowest BCUT2D eigenvalue weighted by molar-refractivity contribution is -0.136. The number of amides is 4. The molecule has 1 atom stereocenters. The summed E-state index contributed by atoms with van der Waals surface area (Å²) in [5.41, 5.74) is 0.981. The van der Waals surface area contributed by atoms with Crippen LogP contribution in [-0.4, -0.2) is 74.8 Å². The number of aromatic nitrogens is 2. The number of urea groups is 1. The fourth-order valence-corrected chi connectivity index (χ4v) is 3.46. The number of nitrogens with one attached hydrogen (secondary N) is 1. The Morgan fingerprint density at radius 3 is 2.76 bits per heavy atom. The molecule has 9 nitrogen and oxygen atoms in total. The van der Waals surface area contributed by atoms with E-state index in [2.05, 4.69) is 4.98 Å². The van der Waals surface area contributed by atoms with E-state index in [0.29, 0.717) is 24.1 Å². The van der Waals surface area contributed by atoms with E-state index in [1.807, 2.05) is 6.07 Å². The molecule has 130 valence electrons. The van der Waals surface area contributed by atoms with Crippen molar-refractivity contribution >= 4 is 28.9 Å². The fraction of sp³-hybridized carbons (Fsp3) is 0.375. The number of carbonyl (C=O) groups is 3. The van der Waals surface area contributed by atoms with Crippen molar-refractivity contribution in [2.24, 2.45) is 0 Å². The molecule has 0 saturated carbocycles. The Hall–Kier alpha value is -3.10. The van der Waals surface area contributed by atoms with Crippen LogP contribution in [-0.2, 0) is 16.1 Å². The summed E-state index contributed by atoms with van der Waals surface area (Å²) in [7, 11) is 1.45. The largest absolute Gasteiger partial charge is 0.337 e. The van der Waals surface area contributed by atoms with Gasteiger partial charge in [-0.15, -0.1) is 0 Å². The molecule has 1 unspecified atom stereocenters. The molecule has 9 heteroatoms. The first kappa shape index (κ1) is 15.4. The second kappa shape index (κ2) is 5.47. The van der Waals surface area contributed by atoms with Crippen LogP contribution < -0.4 is 5.69 Å². The van der Waals surface area contributed by atoms with Crippen molar-refractivity contribution in [2.45, 2.75) is 12.6 Å². The fourth-order valence-electron chi connectivity index (χ4n) is 3.46. The Balaban J connectivity index is 1.54. The van der Waals surface area contributed by atoms with Gasteiger partial charge in [0.05, 0.1) is 17.6 Å². The molecular formula is C16H17N5O4. The maximum atomic E-state index is 12.6. The molecule has 25 heavy (non-hydrogen) atoms. The number of hydrogen-bond acceptors (Lipinski definition) is 4. The SMILES string of the molecule is CN1C(=O)C2CN(C(=O)Cn3c(=O)[nH]c4ccccc43)CCN2C1=O. The molecule has 1 aromatic carbocycles. The predicted octanol–water partition coefficient (Wildman–Crippen LogP) is -0.566. The minimum Gasteiger partial charge on any atom is -0.337 e. The third kappa shape index (κ3) is 2.31. The van der Waals surface area contributed by atoms with E-state index in [-0.39, 0.29) is 36.6 Å². The zero-order valence-electron chi connectivity index (χ0n) is 13.6. The van der Waals surface area contributed by atoms with Gasteiger partial charge in [0, 0.05) is 20.1 Å². The number of aromatic amines is 1. The molecule has 2 aromatic rings. The number of H-pyrrole nitrogens is 1. The highest BCUT2D eigenvalue weighted by Gasteiger charge is 2.46. The first-order valence-corrected chi connectivity index (χ1v) is 8.01. The molecule has 2 aliphatic heterocycles. The average molecular weight is 343 g/mol. The van der Waals surface area contributed by atoms with Crippen LogP contribution in [0.3, 0.4) is 0 Å². The van der Waals surface area contributed by atoms with Crippen LogP contribution in [0.4, 0.5) is 4.79 Å². The number of rotatable bonds is 2. The Kier molecular flexibility index (Phi) is 3.38. The van der Waals surface area contributed by atoms with E-state index in [4.69, 9.17) is 0 Å². The van der Waals surface area contributed by atoms with E-state index < -0.39 is 6.04 Å². The molecule has 2 fully saturated rings. The van der Waals surface area contributed by atoms with Gasteiger partial charge >= 0.3 is 11.7 Å². The van der Waals surface area contributed by atoms with Gasteiger partial charge in [-0.05, 0) is 12.1 Å². The molecule has 0 aliphatic carbocycles. The van der Waals surface area contributed by atoms with E-state index >= 15 is 0 Å². The van der Waals surface area contributed by atoms with Crippen molar-refractivity contribution in [2.75, 3.05) is 26.7 Å².